The fourth-order valence-corrected chi connectivity index (χ4v) is 3.30. The number of sulfonamides is 1. The Bertz CT molecular complexity index is 607. The van der Waals surface area contributed by atoms with E-state index >= 15 is 0 Å². The molecule has 0 aromatic heterocycles. The van der Waals surface area contributed by atoms with E-state index < -0.39 is 15.9 Å². The van der Waals surface area contributed by atoms with E-state index in [4.69, 9.17) is 0 Å². The van der Waals surface area contributed by atoms with E-state index in [1.54, 1.807) is 0 Å². The summed E-state index contributed by atoms with van der Waals surface area (Å²) in [5.41, 5.74) is 3.05. The number of nitrogens with one attached hydrogen (secondary N) is 1. The van der Waals surface area contributed by atoms with Gasteiger partial charge in [0.25, 0.3) is 0 Å². The molecule has 0 radical (unpaired) electrons. The van der Waals surface area contributed by atoms with E-state index in [0.29, 0.717) is 0 Å². The first-order valence-corrected chi connectivity index (χ1v) is 9.52. The Morgan fingerprint density at radius 2 is 1.57 bits per heavy atom. The zero-order valence-electron chi connectivity index (χ0n) is 13.0. The summed E-state index contributed by atoms with van der Waals surface area (Å²) in [4.78, 5) is 12.0. The number of halogens is 1. The first-order valence-electron chi connectivity index (χ1n) is 6.84. The zero-order chi connectivity index (χ0) is 16.4. The van der Waals surface area contributed by atoms with Crippen LogP contribution in [0.15, 0.2) is 16.6 Å². The van der Waals surface area contributed by atoms with Crippen molar-refractivity contribution in [1.29, 1.82) is 0 Å². The smallest absolute Gasteiger partial charge is 0.237 e. The molecule has 0 heterocycles. The third-order valence-electron chi connectivity index (χ3n) is 3.16. The molecule has 1 aromatic carbocycles. The molecule has 0 bridgehead atoms. The van der Waals surface area contributed by atoms with Crippen molar-refractivity contribution < 1.29 is 13.2 Å². The molecule has 6 heteroatoms. The van der Waals surface area contributed by atoms with E-state index in [9.17, 15) is 13.2 Å². The first kappa shape index (κ1) is 18.2. The number of hydrogen-bond acceptors (Lipinski definition) is 3. The molecule has 0 saturated carbocycles. The van der Waals surface area contributed by atoms with Crippen LogP contribution >= 0.6 is 15.9 Å². The van der Waals surface area contributed by atoms with Gasteiger partial charge in [0.2, 0.25) is 15.9 Å². The molecule has 1 amide bonds. The van der Waals surface area contributed by atoms with E-state index in [1.807, 2.05) is 16.9 Å². The van der Waals surface area contributed by atoms with Crippen molar-refractivity contribution in [2.24, 2.45) is 0 Å². The Hall–Kier alpha value is -0.880. The van der Waals surface area contributed by atoms with Crippen molar-refractivity contribution in [2.75, 3.05) is 6.26 Å². The average molecular weight is 376 g/mol. The second-order valence-electron chi connectivity index (χ2n) is 5.85. The highest BCUT2D eigenvalue weighted by molar-refractivity contribution is 9.10. The van der Waals surface area contributed by atoms with Gasteiger partial charge in [-0.05, 0) is 40.7 Å². The molecule has 1 N–H and O–H groups in total. The van der Waals surface area contributed by atoms with Crippen LogP contribution in [-0.2, 0) is 21.2 Å². The Morgan fingerprint density at radius 3 is 1.90 bits per heavy atom. The van der Waals surface area contributed by atoms with Crippen molar-refractivity contribution in [3.63, 3.8) is 0 Å². The number of hydrogen-bond donors (Lipinski definition) is 1. The minimum atomic E-state index is -3.53. The third-order valence-corrected chi connectivity index (χ3v) is 4.22. The summed E-state index contributed by atoms with van der Waals surface area (Å²) >= 11 is 3.50. The Labute approximate surface area is 135 Å². The van der Waals surface area contributed by atoms with Crippen LogP contribution in [-0.4, -0.2) is 20.6 Å². The van der Waals surface area contributed by atoms with Gasteiger partial charge in [-0.3, -0.25) is 9.52 Å². The molecule has 1 rings (SSSR count). The number of rotatable bonds is 5. The van der Waals surface area contributed by atoms with E-state index in [2.05, 4.69) is 43.6 Å². The van der Waals surface area contributed by atoms with Crippen LogP contribution in [0, 0.1) is 0 Å². The Balaban J connectivity index is 3.28. The van der Waals surface area contributed by atoms with Crippen molar-refractivity contribution in [2.45, 2.75) is 46.0 Å². The fraction of sp³-hybridized carbons (Fsp3) is 0.533. The number of carbonyl (C=O) groups is 1. The molecule has 0 spiro atoms. The molecule has 4 nitrogen and oxygen atoms in total. The van der Waals surface area contributed by atoms with Gasteiger partial charge in [0, 0.05) is 4.47 Å². The van der Waals surface area contributed by atoms with Crippen LogP contribution in [0.1, 0.15) is 56.2 Å². The van der Waals surface area contributed by atoms with E-state index in [1.165, 1.54) is 0 Å². The van der Waals surface area contributed by atoms with Crippen LogP contribution in [0.5, 0.6) is 0 Å². The summed E-state index contributed by atoms with van der Waals surface area (Å²) in [6.45, 7) is 8.24. The second-order valence-corrected chi connectivity index (χ2v) is 8.51. The number of carbonyl (C=O) groups excluding carboxylic acids is 1. The quantitative estimate of drug-likeness (QED) is 0.858. The summed E-state index contributed by atoms with van der Waals surface area (Å²) in [7, 11) is -3.53. The van der Waals surface area contributed by atoms with Crippen molar-refractivity contribution >= 4 is 31.9 Å². The number of benzene rings is 1. The average Bonchev–Trinajstić information content (AvgIpc) is 2.27. The zero-order valence-corrected chi connectivity index (χ0v) is 15.4. The second kappa shape index (κ2) is 6.92. The van der Waals surface area contributed by atoms with Crippen LogP contribution in [0.25, 0.3) is 0 Å². The minimum absolute atomic E-state index is 0.0708. The van der Waals surface area contributed by atoms with Gasteiger partial charge in [-0.2, -0.15) is 0 Å². The summed E-state index contributed by atoms with van der Waals surface area (Å²) in [6.07, 6.45) is 1.06. The molecule has 0 aliphatic carbocycles. The summed E-state index contributed by atoms with van der Waals surface area (Å²) in [5.74, 6) is 0.00527. The summed E-state index contributed by atoms with van der Waals surface area (Å²) < 4.78 is 25.4. The topological polar surface area (TPSA) is 63.2 Å². The summed E-state index contributed by atoms with van der Waals surface area (Å²) in [5, 5.41) is 0. The molecule has 0 unspecified atom stereocenters. The molecule has 0 saturated heterocycles. The Morgan fingerprint density at radius 1 is 1.14 bits per heavy atom. The van der Waals surface area contributed by atoms with E-state index in [-0.39, 0.29) is 18.3 Å². The van der Waals surface area contributed by atoms with Gasteiger partial charge >= 0.3 is 0 Å². The highest BCUT2D eigenvalue weighted by Gasteiger charge is 2.19. The standard InChI is InChI=1S/C15H22BrNO3S/c1-9(2)12-6-11(16)7-13(10(3)4)14(12)8-15(18)17-21(5,19)20/h6-7,9-10H,8H2,1-5H3,(H,17,18). The maximum atomic E-state index is 12.0. The van der Waals surface area contributed by atoms with Crippen molar-refractivity contribution in [1.82, 2.24) is 4.72 Å². The molecule has 0 aliphatic rings. The van der Waals surface area contributed by atoms with Gasteiger partial charge in [0.15, 0.2) is 0 Å². The van der Waals surface area contributed by atoms with Gasteiger partial charge in [-0.1, -0.05) is 43.6 Å². The first-order chi connectivity index (χ1) is 9.51. The highest BCUT2D eigenvalue weighted by atomic mass is 79.9. The monoisotopic (exact) mass is 375 g/mol. The third kappa shape index (κ3) is 5.43. The fourth-order valence-electron chi connectivity index (χ4n) is 2.32. The highest BCUT2D eigenvalue weighted by Crippen LogP contribution is 2.31. The predicted octanol–water partition coefficient (Wildman–Crippen LogP) is 3.31. The van der Waals surface area contributed by atoms with E-state index in [0.717, 1.165) is 27.4 Å². The van der Waals surface area contributed by atoms with Gasteiger partial charge in [0.1, 0.15) is 0 Å². The molecule has 21 heavy (non-hydrogen) atoms. The van der Waals surface area contributed by atoms with Gasteiger partial charge in [0.05, 0.1) is 12.7 Å². The molecule has 0 atom stereocenters. The lowest BCUT2D eigenvalue weighted by atomic mass is 9.87. The van der Waals surface area contributed by atoms with Crippen molar-refractivity contribution in [3.8, 4) is 0 Å². The maximum absolute atomic E-state index is 12.0. The lowest BCUT2D eigenvalue weighted by molar-refractivity contribution is -0.118. The van der Waals surface area contributed by atoms with Gasteiger partial charge < -0.3 is 0 Å². The molecular formula is C15H22BrNO3S. The van der Waals surface area contributed by atoms with Gasteiger partial charge in [-0.15, -0.1) is 0 Å². The maximum Gasteiger partial charge on any atom is 0.237 e. The van der Waals surface area contributed by atoms with Crippen molar-refractivity contribution in [3.05, 3.63) is 33.3 Å². The number of amides is 1. The molecule has 0 aliphatic heterocycles. The molecular weight excluding hydrogens is 354 g/mol. The van der Waals surface area contributed by atoms with Gasteiger partial charge in [-0.25, -0.2) is 8.42 Å². The lowest BCUT2D eigenvalue weighted by Crippen LogP contribution is -2.31. The molecule has 1 aromatic rings. The predicted molar refractivity (Wildman–Crippen MR) is 89.0 cm³/mol. The summed E-state index contributed by atoms with van der Waals surface area (Å²) in [6, 6.07) is 4.00. The van der Waals surface area contributed by atoms with Crippen LogP contribution < -0.4 is 4.72 Å². The minimum Gasteiger partial charge on any atom is -0.274 e. The van der Waals surface area contributed by atoms with Crippen LogP contribution in [0.4, 0.5) is 0 Å². The molecule has 118 valence electrons. The molecule has 0 fully saturated rings. The van der Waals surface area contributed by atoms with Crippen LogP contribution in [0.3, 0.4) is 0 Å². The SMILES string of the molecule is CC(C)c1cc(Br)cc(C(C)C)c1CC(=O)NS(C)(=O)=O. The Kier molecular flexibility index (Phi) is 5.99. The largest absolute Gasteiger partial charge is 0.274 e. The van der Waals surface area contributed by atoms with Crippen LogP contribution in [0.2, 0.25) is 0 Å². The lowest BCUT2D eigenvalue weighted by Gasteiger charge is -2.20. The normalized spacial score (nSPS) is 12.0.